The topological polar surface area (TPSA) is 168 Å². The molecule has 2 atom stereocenters. The van der Waals surface area contributed by atoms with Gasteiger partial charge in [-0.3, -0.25) is 9.59 Å². The molecule has 3 heterocycles. The molecule has 12 nitrogen and oxygen atoms in total. The van der Waals surface area contributed by atoms with Crippen molar-refractivity contribution in [1.29, 1.82) is 0 Å². The van der Waals surface area contributed by atoms with E-state index in [1.54, 1.807) is 12.1 Å². The van der Waals surface area contributed by atoms with Crippen molar-refractivity contribution >= 4 is 24.9 Å². The first kappa shape index (κ1) is 21.8. The number of hydrogen-bond donors (Lipinski definition) is 5. The quantitative estimate of drug-likeness (QED) is 0.338. The van der Waals surface area contributed by atoms with Crippen LogP contribution in [0.3, 0.4) is 0 Å². The van der Waals surface area contributed by atoms with Gasteiger partial charge in [0.1, 0.15) is 12.3 Å². The highest BCUT2D eigenvalue weighted by Gasteiger charge is 2.37. The van der Waals surface area contributed by atoms with E-state index in [-0.39, 0.29) is 41.9 Å². The largest absolute Gasteiger partial charge is 0.547 e. The first-order valence-electron chi connectivity index (χ1n) is 10.3. The van der Waals surface area contributed by atoms with Crippen LogP contribution >= 0.6 is 0 Å². The van der Waals surface area contributed by atoms with Crippen LogP contribution in [0, 0.1) is 0 Å². The molecule has 168 valence electrons. The van der Waals surface area contributed by atoms with E-state index in [4.69, 9.17) is 4.65 Å². The van der Waals surface area contributed by atoms with Gasteiger partial charge in [0.05, 0.1) is 17.7 Å². The first-order valence-corrected chi connectivity index (χ1v) is 10.3. The lowest BCUT2D eigenvalue weighted by atomic mass is 9.72. The Morgan fingerprint density at radius 2 is 2.16 bits per heavy atom. The number of para-hydroxylation sites is 1. The molecule has 4 rings (SSSR count). The Balaban J connectivity index is 1.34. The molecule has 1 fully saturated rings. The van der Waals surface area contributed by atoms with Gasteiger partial charge < -0.3 is 30.7 Å². The van der Waals surface area contributed by atoms with Crippen LogP contribution in [0.1, 0.15) is 39.3 Å². The van der Waals surface area contributed by atoms with E-state index in [2.05, 4.69) is 26.3 Å². The van der Waals surface area contributed by atoms with Gasteiger partial charge in [-0.1, -0.05) is 17.3 Å². The number of nitrogens with zero attached hydrogens (tertiary/aromatic N) is 3. The molecule has 1 aromatic heterocycles. The van der Waals surface area contributed by atoms with Crippen molar-refractivity contribution in [2.24, 2.45) is 0 Å². The minimum Gasteiger partial charge on any atom is -0.534 e. The van der Waals surface area contributed by atoms with E-state index in [1.807, 2.05) is 0 Å². The van der Waals surface area contributed by atoms with Crippen LogP contribution in [-0.2, 0) is 17.8 Å². The summed E-state index contributed by atoms with van der Waals surface area (Å²) in [6.07, 6.45) is 3.45. The van der Waals surface area contributed by atoms with Crippen molar-refractivity contribution in [1.82, 2.24) is 30.9 Å². The number of carboxylic acids is 1. The van der Waals surface area contributed by atoms with Crippen LogP contribution in [0.5, 0.6) is 5.75 Å². The number of benzene rings is 1. The number of rotatable bonds is 6. The van der Waals surface area contributed by atoms with Crippen LogP contribution < -0.4 is 20.6 Å². The predicted octanol–water partition coefficient (Wildman–Crippen LogP) is -1.40. The number of hydrogen-bond acceptors (Lipinski definition) is 8. The fourth-order valence-corrected chi connectivity index (χ4v) is 3.83. The van der Waals surface area contributed by atoms with Gasteiger partial charge in [-0.25, -0.2) is 9.48 Å². The monoisotopic (exact) mass is 442 g/mol. The number of piperidine rings is 1. The zero-order valence-electron chi connectivity index (χ0n) is 17.2. The van der Waals surface area contributed by atoms with Crippen molar-refractivity contribution in [3.05, 3.63) is 41.2 Å². The Morgan fingerprint density at radius 1 is 1.31 bits per heavy atom. The normalized spacial score (nSPS) is 20.1. The van der Waals surface area contributed by atoms with Gasteiger partial charge in [0.15, 0.2) is 5.69 Å². The minimum atomic E-state index is -1.41. The smallest absolute Gasteiger partial charge is 0.534 e. The number of carbonyl (C=O) groups excluding carboxylic acids is 2. The summed E-state index contributed by atoms with van der Waals surface area (Å²) in [5.74, 6) is -2.67. The molecule has 0 saturated carbocycles. The van der Waals surface area contributed by atoms with Crippen LogP contribution in [0.4, 0.5) is 0 Å². The number of carbonyl (C=O) groups is 3. The second-order valence-corrected chi connectivity index (χ2v) is 7.80. The molecule has 2 amide bonds. The standard InChI is InChI=1S/C19H23BN6O6/c27-16(10-26-9-14(24-25-26)18(28)22-12-4-2-6-21-8-12)23-15-7-11-3-1-5-13(19(29)30)17(11)32-20(15)31/h1,3,5,9,12,15,21,31H,2,4,6-8,10H2,(H,22,28)(H,23,27)(H,29,30)/t12-,15-/m0/s1. The maximum atomic E-state index is 12.4. The Labute approximate surface area is 183 Å². The van der Waals surface area contributed by atoms with Gasteiger partial charge in [-0.15, -0.1) is 5.10 Å². The molecule has 32 heavy (non-hydrogen) atoms. The number of nitrogens with one attached hydrogen (secondary N) is 3. The van der Waals surface area contributed by atoms with Gasteiger partial charge in [0.2, 0.25) is 5.91 Å². The van der Waals surface area contributed by atoms with E-state index >= 15 is 0 Å². The van der Waals surface area contributed by atoms with Crippen molar-refractivity contribution in [3.8, 4) is 5.75 Å². The summed E-state index contributed by atoms with van der Waals surface area (Å²) in [6, 6.07) is 4.67. The molecule has 0 unspecified atom stereocenters. The third-order valence-corrected chi connectivity index (χ3v) is 5.40. The number of aromatic nitrogens is 3. The third-order valence-electron chi connectivity index (χ3n) is 5.40. The van der Waals surface area contributed by atoms with E-state index in [9.17, 15) is 24.5 Å². The first-order chi connectivity index (χ1) is 15.4. The van der Waals surface area contributed by atoms with Crippen molar-refractivity contribution in [2.45, 2.75) is 37.8 Å². The van der Waals surface area contributed by atoms with E-state index in [0.717, 1.165) is 19.4 Å². The molecule has 0 aliphatic carbocycles. The Bertz CT molecular complexity index is 1020. The van der Waals surface area contributed by atoms with Crippen molar-refractivity contribution < 1.29 is 29.2 Å². The molecule has 2 aliphatic rings. The molecule has 2 aromatic rings. The third kappa shape index (κ3) is 4.89. The number of amides is 2. The van der Waals surface area contributed by atoms with Gasteiger partial charge in [0.25, 0.3) is 5.91 Å². The fourth-order valence-electron chi connectivity index (χ4n) is 3.83. The molecular formula is C19H23BN6O6. The van der Waals surface area contributed by atoms with Crippen LogP contribution in [0.2, 0.25) is 0 Å². The van der Waals surface area contributed by atoms with Crippen molar-refractivity contribution in [3.63, 3.8) is 0 Å². The lowest BCUT2D eigenvalue weighted by Crippen LogP contribution is -2.53. The molecule has 0 bridgehead atoms. The zero-order chi connectivity index (χ0) is 22.7. The molecule has 2 aliphatic heterocycles. The Morgan fingerprint density at radius 3 is 2.91 bits per heavy atom. The van der Waals surface area contributed by atoms with Gasteiger partial charge in [-0.05, 0) is 37.4 Å². The van der Waals surface area contributed by atoms with Crippen molar-refractivity contribution in [2.75, 3.05) is 13.1 Å². The van der Waals surface area contributed by atoms with Crippen LogP contribution in [0.25, 0.3) is 0 Å². The molecule has 0 spiro atoms. The van der Waals surface area contributed by atoms with E-state index in [0.29, 0.717) is 12.1 Å². The highest BCUT2D eigenvalue weighted by molar-refractivity contribution is 6.47. The Hall–Kier alpha value is -3.45. The summed E-state index contributed by atoms with van der Waals surface area (Å²) >= 11 is 0. The summed E-state index contributed by atoms with van der Waals surface area (Å²) in [6.45, 7) is 1.42. The summed E-state index contributed by atoms with van der Waals surface area (Å²) in [5, 5.41) is 35.9. The van der Waals surface area contributed by atoms with Gasteiger partial charge >= 0.3 is 13.1 Å². The highest BCUT2D eigenvalue weighted by Crippen LogP contribution is 2.30. The summed E-state index contributed by atoms with van der Waals surface area (Å²) in [4.78, 5) is 36.1. The zero-order valence-corrected chi connectivity index (χ0v) is 17.2. The number of fused-ring (bicyclic) bond motifs is 1. The highest BCUT2D eigenvalue weighted by atomic mass is 16.5. The molecule has 13 heteroatoms. The summed E-state index contributed by atoms with van der Waals surface area (Å²) in [5.41, 5.74) is 0.626. The summed E-state index contributed by atoms with van der Waals surface area (Å²) < 4.78 is 6.59. The van der Waals surface area contributed by atoms with Gasteiger partial charge in [-0.2, -0.15) is 0 Å². The molecular weight excluding hydrogens is 419 g/mol. The minimum absolute atomic E-state index is 0.0296. The second-order valence-electron chi connectivity index (χ2n) is 7.80. The number of aromatic carboxylic acids is 1. The van der Waals surface area contributed by atoms with E-state index < -0.39 is 24.9 Å². The molecule has 1 aromatic carbocycles. The second kappa shape index (κ2) is 9.36. The molecule has 5 N–H and O–H groups in total. The SMILES string of the molecule is O=C(Cn1cc(C(=O)N[C@H]2CCCNC2)nn1)N[C@H]1Cc2cccc(C(=O)O)c2OB1O. The number of carboxylic acid groups (broad SMARTS) is 1. The lowest BCUT2D eigenvalue weighted by molar-refractivity contribution is -0.122. The maximum Gasteiger partial charge on any atom is 0.547 e. The van der Waals surface area contributed by atoms with E-state index in [1.165, 1.54) is 16.9 Å². The average Bonchev–Trinajstić information content (AvgIpc) is 3.23. The predicted molar refractivity (Wildman–Crippen MR) is 111 cm³/mol. The summed E-state index contributed by atoms with van der Waals surface area (Å²) in [7, 11) is -1.41. The molecule has 0 radical (unpaired) electrons. The van der Waals surface area contributed by atoms with Crippen LogP contribution in [0.15, 0.2) is 24.4 Å². The lowest BCUT2D eigenvalue weighted by Gasteiger charge is -2.28. The maximum absolute atomic E-state index is 12.4. The van der Waals surface area contributed by atoms with Crippen LogP contribution in [-0.4, -0.2) is 75.1 Å². The Kier molecular flexibility index (Phi) is 6.37. The fraction of sp³-hybridized carbons (Fsp3) is 0.421. The van der Waals surface area contributed by atoms with Gasteiger partial charge in [0, 0.05) is 12.6 Å². The average molecular weight is 442 g/mol. The molecule has 1 saturated heterocycles.